The quantitative estimate of drug-likeness (QED) is 0.682. The number of esters is 1. The van der Waals surface area contributed by atoms with Crippen molar-refractivity contribution in [3.8, 4) is 0 Å². The number of thiol groups is 1. The van der Waals surface area contributed by atoms with E-state index >= 15 is 0 Å². The molecule has 1 aromatic carbocycles. The molecule has 0 unspecified atom stereocenters. The fourth-order valence-corrected chi connectivity index (χ4v) is 2.72. The van der Waals surface area contributed by atoms with Gasteiger partial charge in [-0.15, -0.1) is 0 Å². The smallest absolute Gasteiger partial charge is 0.337 e. The number of carbonyl (C=O) groups excluding carboxylic acids is 2. The van der Waals surface area contributed by atoms with Crippen LogP contribution in [-0.2, 0) is 9.53 Å². The topological polar surface area (TPSA) is 49.9 Å². The van der Waals surface area contributed by atoms with Gasteiger partial charge in [0.1, 0.15) is 0 Å². The lowest BCUT2D eigenvalue weighted by Gasteiger charge is -2.37. The Hall–Kier alpha value is -1.69. The summed E-state index contributed by atoms with van der Waals surface area (Å²) in [7, 11) is 1.36. The molecule has 114 valence electrons. The normalized spacial score (nSPS) is 13.9. The van der Waals surface area contributed by atoms with E-state index in [0.29, 0.717) is 24.3 Å². The van der Waals surface area contributed by atoms with Crippen LogP contribution in [-0.4, -0.2) is 44.4 Å². The Balaban J connectivity index is 2.41. The summed E-state index contributed by atoms with van der Waals surface area (Å²) in [4.78, 5) is 27.8. The molecule has 0 fully saturated rings. The van der Waals surface area contributed by atoms with Gasteiger partial charge in [-0.2, -0.15) is 12.6 Å². The number of hydrogen-bond acceptors (Lipinski definition) is 5. The van der Waals surface area contributed by atoms with Crippen molar-refractivity contribution in [3.05, 3.63) is 23.8 Å². The van der Waals surface area contributed by atoms with Crippen LogP contribution in [0.25, 0.3) is 0 Å². The highest BCUT2D eigenvalue weighted by Gasteiger charge is 2.26. The van der Waals surface area contributed by atoms with Crippen molar-refractivity contribution in [1.29, 1.82) is 0 Å². The van der Waals surface area contributed by atoms with Crippen LogP contribution < -0.4 is 9.80 Å². The summed E-state index contributed by atoms with van der Waals surface area (Å²) in [6.45, 7) is 4.30. The number of anilines is 2. The first-order valence-electron chi connectivity index (χ1n) is 7.01. The lowest BCUT2D eigenvalue weighted by atomic mass is 10.1. The van der Waals surface area contributed by atoms with Gasteiger partial charge in [-0.25, -0.2) is 4.79 Å². The Kier molecular flexibility index (Phi) is 5.12. The van der Waals surface area contributed by atoms with Gasteiger partial charge in [-0.3, -0.25) is 4.79 Å². The van der Waals surface area contributed by atoms with E-state index in [9.17, 15) is 9.59 Å². The second-order valence-corrected chi connectivity index (χ2v) is 5.24. The van der Waals surface area contributed by atoms with Crippen LogP contribution in [0, 0.1) is 0 Å². The zero-order valence-corrected chi connectivity index (χ0v) is 13.2. The highest BCUT2D eigenvalue weighted by atomic mass is 32.1. The van der Waals surface area contributed by atoms with Gasteiger partial charge >= 0.3 is 5.97 Å². The second-order valence-electron chi connectivity index (χ2n) is 4.79. The van der Waals surface area contributed by atoms with Crippen LogP contribution in [0.2, 0.25) is 0 Å². The lowest BCUT2D eigenvalue weighted by Crippen LogP contribution is -2.44. The molecule has 0 saturated carbocycles. The summed E-state index contributed by atoms with van der Waals surface area (Å²) in [5.74, 6) is 0.225. The number of benzene rings is 1. The average molecular weight is 308 g/mol. The molecule has 1 heterocycles. The highest BCUT2D eigenvalue weighted by molar-refractivity contribution is 7.80. The molecule has 0 saturated heterocycles. The molecule has 1 amide bonds. The van der Waals surface area contributed by atoms with Crippen LogP contribution in [0.15, 0.2) is 18.2 Å². The monoisotopic (exact) mass is 308 g/mol. The molecular weight excluding hydrogens is 288 g/mol. The molecule has 2 rings (SSSR count). The maximum absolute atomic E-state index is 12.2. The number of hydrogen-bond donors (Lipinski definition) is 1. The van der Waals surface area contributed by atoms with E-state index in [0.717, 1.165) is 24.5 Å². The summed E-state index contributed by atoms with van der Waals surface area (Å²) in [6.07, 6.45) is 0.410. The molecule has 0 N–H and O–H groups in total. The van der Waals surface area contributed by atoms with Crippen LogP contribution in [0.3, 0.4) is 0 Å². The Labute approximate surface area is 130 Å². The van der Waals surface area contributed by atoms with Gasteiger partial charge in [0, 0.05) is 26.1 Å². The van der Waals surface area contributed by atoms with Gasteiger partial charge in [0.15, 0.2) is 0 Å². The van der Waals surface area contributed by atoms with Crippen LogP contribution in [0.5, 0.6) is 0 Å². The van der Waals surface area contributed by atoms with Crippen LogP contribution in [0.1, 0.15) is 23.7 Å². The molecule has 21 heavy (non-hydrogen) atoms. The van der Waals surface area contributed by atoms with Gasteiger partial charge in [0.05, 0.1) is 24.0 Å². The van der Waals surface area contributed by atoms with E-state index < -0.39 is 0 Å². The van der Waals surface area contributed by atoms with Gasteiger partial charge in [-0.1, -0.05) is 0 Å². The first-order chi connectivity index (χ1) is 10.1. The van der Waals surface area contributed by atoms with Gasteiger partial charge in [-0.05, 0) is 30.9 Å². The van der Waals surface area contributed by atoms with Crippen molar-refractivity contribution in [3.63, 3.8) is 0 Å². The lowest BCUT2D eigenvalue weighted by molar-refractivity contribution is -0.118. The molecule has 0 spiro atoms. The Morgan fingerprint density at radius 3 is 2.67 bits per heavy atom. The van der Waals surface area contributed by atoms with Crippen molar-refractivity contribution in [1.82, 2.24) is 0 Å². The van der Waals surface area contributed by atoms with Crippen molar-refractivity contribution in [2.45, 2.75) is 13.3 Å². The summed E-state index contributed by atoms with van der Waals surface area (Å²) in [5.41, 5.74) is 2.25. The van der Waals surface area contributed by atoms with Crippen molar-refractivity contribution >= 4 is 35.9 Å². The molecule has 1 aliphatic rings. The molecule has 1 aromatic rings. The van der Waals surface area contributed by atoms with Gasteiger partial charge in [0.25, 0.3) is 0 Å². The van der Waals surface area contributed by atoms with E-state index in [4.69, 9.17) is 4.74 Å². The molecule has 1 aliphatic heterocycles. The van der Waals surface area contributed by atoms with Crippen molar-refractivity contribution in [2.75, 3.05) is 42.3 Å². The SMILES string of the molecule is CCN1CCN(C(=O)CCS)c2ccc(C(=O)OC)cc21. The fourth-order valence-electron chi connectivity index (χ4n) is 2.53. The fraction of sp³-hybridized carbons (Fsp3) is 0.467. The predicted octanol–water partition coefficient (Wildman–Crippen LogP) is 1.97. The van der Waals surface area contributed by atoms with Crippen LogP contribution >= 0.6 is 12.6 Å². The highest BCUT2D eigenvalue weighted by Crippen LogP contribution is 2.34. The first-order valence-corrected chi connectivity index (χ1v) is 7.64. The number of fused-ring (bicyclic) bond motifs is 1. The minimum atomic E-state index is -0.368. The Morgan fingerprint density at radius 1 is 1.29 bits per heavy atom. The maximum Gasteiger partial charge on any atom is 0.337 e. The molecule has 0 radical (unpaired) electrons. The molecule has 5 nitrogen and oxygen atoms in total. The number of rotatable bonds is 4. The molecule has 6 heteroatoms. The third-order valence-electron chi connectivity index (χ3n) is 3.63. The van der Waals surface area contributed by atoms with Crippen molar-refractivity contribution < 1.29 is 14.3 Å². The summed E-state index contributed by atoms with van der Waals surface area (Å²) in [6, 6.07) is 5.31. The minimum Gasteiger partial charge on any atom is -0.465 e. The number of nitrogens with zero attached hydrogens (tertiary/aromatic N) is 2. The standard InChI is InChI=1S/C15H20N2O3S/c1-3-16-7-8-17(14(18)6-9-21)12-5-4-11(10-13(12)16)15(19)20-2/h4-5,10,21H,3,6-9H2,1-2H3. The van der Waals surface area contributed by atoms with E-state index in [-0.39, 0.29) is 11.9 Å². The minimum absolute atomic E-state index is 0.0628. The summed E-state index contributed by atoms with van der Waals surface area (Å²) >= 11 is 4.12. The zero-order chi connectivity index (χ0) is 15.4. The first kappa shape index (κ1) is 15.7. The Morgan fingerprint density at radius 2 is 2.05 bits per heavy atom. The van der Waals surface area contributed by atoms with E-state index in [1.807, 2.05) is 6.07 Å². The second kappa shape index (κ2) is 6.85. The third kappa shape index (κ3) is 3.15. The van der Waals surface area contributed by atoms with E-state index in [2.05, 4.69) is 24.5 Å². The third-order valence-corrected chi connectivity index (χ3v) is 3.85. The zero-order valence-electron chi connectivity index (χ0n) is 12.3. The number of amides is 1. The maximum atomic E-state index is 12.2. The largest absolute Gasteiger partial charge is 0.465 e. The molecule has 0 aliphatic carbocycles. The van der Waals surface area contributed by atoms with Crippen LogP contribution in [0.4, 0.5) is 11.4 Å². The van der Waals surface area contributed by atoms with Gasteiger partial charge in [0.2, 0.25) is 5.91 Å². The Bertz CT molecular complexity index is 548. The number of carbonyl (C=O) groups is 2. The molecule has 0 bridgehead atoms. The van der Waals surface area contributed by atoms with Gasteiger partial charge < -0.3 is 14.5 Å². The summed E-state index contributed by atoms with van der Waals surface area (Å²) in [5, 5.41) is 0. The number of methoxy groups -OCH3 is 1. The molecule has 0 atom stereocenters. The number of likely N-dealkylation sites (N-methyl/N-ethyl adjacent to an activating group) is 1. The van der Waals surface area contributed by atoms with E-state index in [1.54, 1.807) is 17.0 Å². The summed E-state index contributed by atoms with van der Waals surface area (Å²) < 4.78 is 4.76. The molecular formula is C15H20N2O3S. The van der Waals surface area contributed by atoms with Crippen molar-refractivity contribution in [2.24, 2.45) is 0 Å². The van der Waals surface area contributed by atoms with E-state index in [1.165, 1.54) is 7.11 Å². The predicted molar refractivity (Wildman–Crippen MR) is 86.5 cm³/mol. The molecule has 0 aromatic heterocycles. The number of ether oxygens (including phenoxy) is 1. The average Bonchev–Trinajstić information content (AvgIpc) is 2.52.